The first-order valence-corrected chi connectivity index (χ1v) is 8.84. The van der Waals surface area contributed by atoms with Gasteiger partial charge in [-0.05, 0) is 31.0 Å². The zero-order valence-electron chi connectivity index (χ0n) is 15.0. The summed E-state index contributed by atoms with van der Waals surface area (Å²) in [7, 11) is 0. The Morgan fingerprint density at radius 1 is 1.39 bits per heavy atom. The van der Waals surface area contributed by atoms with E-state index in [-0.39, 0.29) is 51.4 Å². The summed E-state index contributed by atoms with van der Waals surface area (Å²) in [6, 6.07) is 6.16. The number of fused-ring (bicyclic) bond motifs is 1. The molecular weight excluding hydrogens is 391 g/mol. The van der Waals surface area contributed by atoms with E-state index in [1.807, 2.05) is 0 Å². The third-order valence-corrected chi connectivity index (χ3v) is 4.84. The van der Waals surface area contributed by atoms with Crippen molar-refractivity contribution >= 4 is 34.7 Å². The maximum absolute atomic E-state index is 14.1. The highest BCUT2D eigenvalue weighted by Gasteiger charge is 2.33. The summed E-state index contributed by atoms with van der Waals surface area (Å²) in [6.45, 7) is 3.19. The van der Waals surface area contributed by atoms with E-state index in [2.05, 4.69) is 5.32 Å². The van der Waals surface area contributed by atoms with Crippen molar-refractivity contribution in [2.24, 2.45) is 0 Å². The van der Waals surface area contributed by atoms with Crippen molar-refractivity contribution in [3.63, 3.8) is 0 Å². The number of non-ortho nitro benzene ring substituents is 1. The van der Waals surface area contributed by atoms with Crippen LogP contribution < -0.4 is 10.1 Å². The molecule has 0 spiro atoms. The maximum atomic E-state index is 14.1. The number of halogens is 2. The number of hydrogen-bond acceptors (Lipinski definition) is 5. The molecule has 0 saturated carbocycles. The lowest BCUT2D eigenvalue weighted by Gasteiger charge is -2.17. The van der Waals surface area contributed by atoms with Gasteiger partial charge in [0, 0.05) is 24.1 Å². The number of rotatable bonds is 5. The summed E-state index contributed by atoms with van der Waals surface area (Å²) in [5.41, 5.74) is 0.270. The molecular formula is C19H16ClFN2O5. The average molecular weight is 407 g/mol. The SMILES string of the molecule is C[C@@H]1CC(=O)c2c(O[C@H](C)C(=O)Nc3cc([N+](=O)[O-])ccc3Cl)ccc(F)c21. The number of benzene rings is 2. The predicted molar refractivity (Wildman–Crippen MR) is 101 cm³/mol. The summed E-state index contributed by atoms with van der Waals surface area (Å²) < 4.78 is 19.7. The summed E-state index contributed by atoms with van der Waals surface area (Å²) in [5.74, 6) is -1.50. The molecule has 0 radical (unpaired) electrons. The molecule has 2 aromatic rings. The van der Waals surface area contributed by atoms with Crippen LogP contribution in [0.1, 0.15) is 42.1 Å². The van der Waals surface area contributed by atoms with Crippen molar-refractivity contribution in [3.8, 4) is 5.75 Å². The minimum Gasteiger partial charge on any atom is -0.480 e. The standard InChI is InChI=1S/C19H16ClFN2O5/c1-9-7-15(24)18-16(6-5-13(21)17(9)18)28-10(2)19(25)22-14-8-11(23(26)27)3-4-12(14)20/h3-6,8-10H,7H2,1-2H3,(H,22,25)/t9-,10-/m1/s1. The molecule has 2 atom stereocenters. The third kappa shape index (κ3) is 3.68. The smallest absolute Gasteiger partial charge is 0.271 e. The second-order valence-corrected chi connectivity index (χ2v) is 6.94. The highest BCUT2D eigenvalue weighted by Crippen LogP contribution is 2.40. The molecule has 3 rings (SSSR count). The fourth-order valence-electron chi connectivity index (χ4n) is 3.12. The number of ether oxygens (including phenoxy) is 1. The van der Waals surface area contributed by atoms with Crippen LogP contribution in [0.4, 0.5) is 15.8 Å². The van der Waals surface area contributed by atoms with Crippen molar-refractivity contribution in [3.05, 3.63) is 62.4 Å². The van der Waals surface area contributed by atoms with Crippen LogP contribution in [0.3, 0.4) is 0 Å². The first-order chi connectivity index (χ1) is 13.2. The Morgan fingerprint density at radius 2 is 2.11 bits per heavy atom. The number of carbonyl (C=O) groups excluding carboxylic acids is 2. The molecule has 0 saturated heterocycles. The van der Waals surface area contributed by atoms with Crippen molar-refractivity contribution in [2.75, 3.05) is 5.32 Å². The molecule has 0 fully saturated rings. The number of nitrogens with zero attached hydrogens (tertiary/aromatic N) is 1. The summed E-state index contributed by atoms with van der Waals surface area (Å²) in [4.78, 5) is 34.9. The molecule has 2 aromatic carbocycles. The molecule has 1 N–H and O–H groups in total. The van der Waals surface area contributed by atoms with Gasteiger partial charge in [-0.1, -0.05) is 18.5 Å². The Bertz CT molecular complexity index is 995. The van der Waals surface area contributed by atoms with Gasteiger partial charge in [0.05, 0.1) is 21.2 Å². The van der Waals surface area contributed by atoms with Gasteiger partial charge in [0.1, 0.15) is 11.6 Å². The molecule has 9 heteroatoms. The van der Waals surface area contributed by atoms with E-state index in [1.165, 1.54) is 31.2 Å². The zero-order valence-corrected chi connectivity index (χ0v) is 15.7. The minimum atomic E-state index is -1.06. The van der Waals surface area contributed by atoms with E-state index in [9.17, 15) is 24.1 Å². The lowest BCUT2D eigenvalue weighted by molar-refractivity contribution is -0.384. The van der Waals surface area contributed by atoms with Crippen LogP contribution >= 0.6 is 11.6 Å². The van der Waals surface area contributed by atoms with E-state index in [1.54, 1.807) is 6.92 Å². The minimum absolute atomic E-state index is 0.0605. The lowest BCUT2D eigenvalue weighted by atomic mass is 10.0. The Labute approximate surface area is 164 Å². The van der Waals surface area contributed by atoms with Gasteiger partial charge in [-0.3, -0.25) is 19.7 Å². The quantitative estimate of drug-likeness (QED) is 0.583. The molecule has 0 heterocycles. The van der Waals surface area contributed by atoms with E-state index in [4.69, 9.17) is 16.3 Å². The molecule has 0 bridgehead atoms. The van der Waals surface area contributed by atoms with Crippen molar-refractivity contribution < 1.29 is 23.6 Å². The number of anilines is 1. The van der Waals surface area contributed by atoms with E-state index >= 15 is 0 Å². The van der Waals surface area contributed by atoms with Gasteiger partial charge in [0.2, 0.25) is 0 Å². The van der Waals surface area contributed by atoms with E-state index in [0.29, 0.717) is 0 Å². The Balaban J connectivity index is 1.81. The largest absolute Gasteiger partial charge is 0.480 e. The van der Waals surface area contributed by atoms with Crippen molar-refractivity contribution in [1.29, 1.82) is 0 Å². The van der Waals surface area contributed by atoms with Crippen LogP contribution in [-0.4, -0.2) is 22.7 Å². The van der Waals surface area contributed by atoms with Crippen molar-refractivity contribution in [2.45, 2.75) is 32.3 Å². The molecule has 7 nitrogen and oxygen atoms in total. The monoisotopic (exact) mass is 406 g/mol. The molecule has 1 amide bonds. The normalized spacial score (nSPS) is 16.4. The van der Waals surface area contributed by atoms with Crippen LogP contribution in [0.5, 0.6) is 5.75 Å². The lowest BCUT2D eigenvalue weighted by Crippen LogP contribution is -2.30. The number of Topliss-reactive ketones (excluding diaryl/α,β-unsaturated/α-hetero) is 1. The van der Waals surface area contributed by atoms with Gasteiger partial charge in [0.25, 0.3) is 11.6 Å². The number of nitrogens with one attached hydrogen (secondary N) is 1. The van der Waals surface area contributed by atoms with Gasteiger partial charge < -0.3 is 10.1 Å². The van der Waals surface area contributed by atoms with Crippen LogP contribution in [0, 0.1) is 15.9 Å². The second kappa shape index (κ2) is 7.55. The highest BCUT2D eigenvalue weighted by atomic mass is 35.5. The molecule has 146 valence electrons. The van der Waals surface area contributed by atoms with Gasteiger partial charge in [-0.15, -0.1) is 0 Å². The molecule has 1 aliphatic carbocycles. The molecule has 28 heavy (non-hydrogen) atoms. The fourth-order valence-corrected chi connectivity index (χ4v) is 3.29. The van der Waals surface area contributed by atoms with E-state index < -0.39 is 22.8 Å². The fraction of sp³-hybridized carbons (Fsp3) is 0.263. The number of hydrogen-bond donors (Lipinski definition) is 1. The number of nitro groups is 1. The van der Waals surface area contributed by atoms with Gasteiger partial charge in [-0.25, -0.2) is 4.39 Å². The Kier molecular flexibility index (Phi) is 5.33. The number of ketones is 1. The van der Waals surface area contributed by atoms with Gasteiger partial charge >= 0.3 is 0 Å². The first kappa shape index (κ1) is 19.8. The summed E-state index contributed by atoms with van der Waals surface area (Å²) >= 11 is 5.97. The first-order valence-electron chi connectivity index (χ1n) is 8.46. The topological polar surface area (TPSA) is 98.5 Å². The maximum Gasteiger partial charge on any atom is 0.271 e. The molecule has 0 unspecified atom stereocenters. The number of nitro benzene ring substituents is 1. The molecule has 1 aliphatic rings. The van der Waals surface area contributed by atoms with Crippen molar-refractivity contribution in [1.82, 2.24) is 0 Å². The average Bonchev–Trinajstić information content (AvgIpc) is 2.94. The number of amides is 1. The van der Waals surface area contributed by atoms with Crippen LogP contribution in [0.2, 0.25) is 5.02 Å². The summed E-state index contributed by atoms with van der Waals surface area (Å²) in [5, 5.41) is 13.5. The van der Waals surface area contributed by atoms with Gasteiger partial charge in [0.15, 0.2) is 11.9 Å². The predicted octanol–water partition coefficient (Wildman–Crippen LogP) is 4.48. The molecule has 0 aromatic heterocycles. The Hall–Kier alpha value is -3.00. The highest BCUT2D eigenvalue weighted by molar-refractivity contribution is 6.33. The van der Waals surface area contributed by atoms with Gasteiger partial charge in [-0.2, -0.15) is 0 Å². The Morgan fingerprint density at radius 3 is 2.79 bits per heavy atom. The number of carbonyl (C=O) groups is 2. The molecule has 0 aliphatic heterocycles. The summed E-state index contributed by atoms with van der Waals surface area (Å²) in [6.07, 6.45) is -0.884. The van der Waals surface area contributed by atoms with Crippen LogP contribution in [-0.2, 0) is 4.79 Å². The van der Waals surface area contributed by atoms with E-state index in [0.717, 1.165) is 6.07 Å². The third-order valence-electron chi connectivity index (χ3n) is 4.51. The van der Waals surface area contributed by atoms with Crippen LogP contribution in [0.15, 0.2) is 30.3 Å². The van der Waals surface area contributed by atoms with Crippen LogP contribution in [0.25, 0.3) is 0 Å². The zero-order chi connectivity index (χ0) is 20.6. The second-order valence-electron chi connectivity index (χ2n) is 6.53.